The molecular weight excluding hydrogens is 290 g/mol. The minimum atomic E-state index is -0.671. The van der Waals surface area contributed by atoms with Gasteiger partial charge in [-0.1, -0.05) is 0 Å². The highest BCUT2D eigenvalue weighted by atomic mass is 16.6. The van der Waals surface area contributed by atoms with Crippen LogP contribution in [0.3, 0.4) is 0 Å². The van der Waals surface area contributed by atoms with Gasteiger partial charge in [-0.2, -0.15) is 0 Å². The molecule has 1 aliphatic heterocycles. The van der Waals surface area contributed by atoms with Gasteiger partial charge in [0.15, 0.2) is 5.76 Å². The second-order valence-corrected chi connectivity index (χ2v) is 5.67. The Bertz CT molecular complexity index is 534. The number of carbonyl (C=O) groups excluding carboxylic acids is 1. The third-order valence-electron chi connectivity index (χ3n) is 3.62. The van der Waals surface area contributed by atoms with E-state index in [0.717, 1.165) is 13.1 Å². The summed E-state index contributed by atoms with van der Waals surface area (Å²) in [5.74, 6) is -0.939. The van der Waals surface area contributed by atoms with Crippen LogP contribution in [0, 0.1) is 10.1 Å². The number of hydrogen-bond donors (Lipinski definition) is 1. The lowest BCUT2D eigenvalue weighted by atomic mass is 10.1. The fraction of sp³-hybridized carbons (Fsp3) is 0.643. The summed E-state index contributed by atoms with van der Waals surface area (Å²) in [6, 6.07) is 2.61. The van der Waals surface area contributed by atoms with Gasteiger partial charge in [-0.3, -0.25) is 19.8 Å². The van der Waals surface area contributed by atoms with Crippen LogP contribution >= 0.6 is 0 Å². The van der Waals surface area contributed by atoms with Crippen molar-refractivity contribution in [3.8, 4) is 0 Å². The van der Waals surface area contributed by atoms with E-state index in [1.807, 2.05) is 20.8 Å². The maximum absolute atomic E-state index is 11.9. The van der Waals surface area contributed by atoms with Gasteiger partial charge in [0.1, 0.15) is 4.92 Å². The van der Waals surface area contributed by atoms with Crippen molar-refractivity contribution in [3.63, 3.8) is 0 Å². The molecule has 1 aromatic heterocycles. The molecule has 0 radical (unpaired) electrons. The standard InChI is InChI=1S/C14H21N3O5/c1-9(16-7-10(2)21-11(3)8-16)6-15-14(18)12-4-5-13(22-12)17(19)20/h4-5,9-11H,6-8H2,1-3H3,(H,15,18)/t9-,10-,11+/m1/s1. The Morgan fingerprint density at radius 1 is 1.45 bits per heavy atom. The van der Waals surface area contributed by atoms with Gasteiger partial charge in [0, 0.05) is 25.7 Å². The van der Waals surface area contributed by atoms with E-state index < -0.39 is 16.7 Å². The Kier molecular flexibility index (Phi) is 5.15. The largest absolute Gasteiger partial charge is 0.433 e. The van der Waals surface area contributed by atoms with Crippen LogP contribution in [0.1, 0.15) is 31.3 Å². The summed E-state index contributed by atoms with van der Waals surface area (Å²) in [4.78, 5) is 24.0. The Labute approximate surface area is 128 Å². The van der Waals surface area contributed by atoms with Gasteiger partial charge in [0.25, 0.3) is 5.91 Å². The number of amides is 1. The number of nitrogens with one attached hydrogen (secondary N) is 1. The van der Waals surface area contributed by atoms with Gasteiger partial charge in [-0.25, -0.2) is 0 Å². The average molecular weight is 311 g/mol. The number of nitro groups is 1. The van der Waals surface area contributed by atoms with Crippen LogP contribution in [0.2, 0.25) is 0 Å². The van der Waals surface area contributed by atoms with Crippen LogP contribution in [0.15, 0.2) is 16.5 Å². The van der Waals surface area contributed by atoms with Gasteiger partial charge in [-0.15, -0.1) is 0 Å². The van der Waals surface area contributed by atoms with Crippen molar-refractivity contribution in [3.05, 3.63) is 28.0 Å². The van der Waals surface area contributed by atoms with Crippen molar-refractivity contribution in [2.75, 3.05) is 19.6 Å². The molecule has 0 saturated carbocycles. The molecule has 1 aromatic rings. The van der Waals surface area contributed by atoms with Crippen molar-refractivity contribution >= 4 is 11.8 Å². The molecule has 8 heteroatoms. The number of ether oxygens (including phenoxy) is 1. The van der Waals surface area contributed by atoms with E-state index in [1.165, 1.54) is 12.1 Å². The van der Waals surface area contributed by atoms with E-state index in [1.54, 1.807) is 0 Å². The zero-order chi connectivity index (χ0) is 16.3. The first kappa shape index (κ1) is 16.4. The average Bonchev–Trinajstić information content (AvgIpc) is 2.93. The molecule has 0 aromatic carbocycles. The third-order valence-corrected chi connectivity index (χ3v) is 3.62. The van der Waals surface area contributed by atoms with Crippen molar-refractivity contribution in [1.29, 1.82) is 0 Å². The molecule has 1 aliphatic rings. The first-order valence-corrected chi connectivity index (χ1v) is 7.28. The molecule has 0 bridgehead atoms. The van der Waals surface area contributed by atoms with Gasteiger partial charge in [0.2, 0.25) is 0 Å². The summed E-state index contributed by atoms with van der Waals surface area (Å²) in [7, 11) is 0. The van der Waals surface area contributed by atoms with Crippen LogP contribution in [-0.4, -0.2) is 53.6 Å². The third kappa shape index (κ3) is 4.05. The lowest BCUT2D eigenvalue weighted by Crippen LogP contribution is -2.52. The molecule has 1 saturated heterocycles. The highest BCUT2D eigenvalue weighted by Gasteiger charge is 2.26. The predicted octanol–water partition coefficient (Wildman–Crippen LogP) is 1.42. The lowest BCUT2D eigenvalue weighted by molar-refractivity contribution is -0.402. The molecular formula is C14H21N3O5. The van der Waals surface area contributed by atoms with Gasteiger partial charge in [-0.05, 0) is 26.8 Å². The van der Waals surface area contributed by atoms with E-state index in [2.05, 4.69) is 10.2 Å². The number of carbonyl (C=O) groups is 1. The molecule has 1 amide bonds. The van der Waals surface area contributed by atoms with E-state index in [-0.39, 0.29) is 24.0 Å². The van der Waals surface area contributed by atoms with E-state index in [0.29, 0.717) is 6.54 Å². The molecule has 0 spiro atoms. The lowest BCUT2D eigenvalue weighted by Gasteiger charge is -2.38. The summed E-state index contributed by atoms with van der Waals surface area (Å²) in [6.45, 7) is 8.13. The highest BCUT2D eigenvalue weighted by molar-refractivity contribution is 5.91. The van der Waals surface area contributed by atoms with E-state index in [4.69, 9.17) is 9.15 Å². The number of furan rings is 1. The number of rotatable bonds is 5. The molecule has 0 aliphatic carbocycles. The fourth-order valence-electron chi connectivity index (χ4n) is 2.58. The maximum atomic E-state index is 11.9. The quantitative estimate of drug-likeness (QED) is 0.652. The molecule has 122 valence electrons. The highest BCUT2D eigenvalue weighted by Crippen LogP contribution is 2.16. The molecule has 3 atom stereocenters. The van der Waals surface area contributed by atoms with Crippen molar-refractivity contribution in [2.24, 2.45) is 0 Å². The molecule has 8 nitrogen and oxygen atoms in total. The fourth-order valence-corrected chi connectivity index (χ4v) is 2.58. The molecule has 0 unspecified atom stereocenters. The van der Waals surface area contributed by atoms with Crippen molar-refractivity contribution < 1.29 is 18.9 Å². The minimum Gasteiger partial charge on any atom is -0.395 e. The van der Waals surface area contributed by atoms with Crippen LogP contribution < -0.4 is 5.32 Å². The Morgan fingerprint density at radius 3 is 2.64 bits per heavy atom. The van der Waals surface area contributed by atoms with Gasteiger partial charge < -0.3 is 14.5 Å². The monoisotopic (exact) mass is 311 g/mol. The molecule has 1 N–H and O–H groups in total. The molecule has 22 heavy (non-hydrogen) atoms. The number of morpholine rings is 1. The Morgan fingerprint density at radius 2 is 2.09 bits per heavy atom. The maximum Gasteiger partial charge on any atom is 0.433 e. The summed E-state index contributed by atoms with van der Waals surface area (Å²) >= 11 is 0. The first-order valence-electron chi connectivity index (χ1n) is 7.28. The number of hydrogen-bond acceptors (Lipinski definition) is 6. The number of nitrogens with zero attached hydrogens (tertiary/aromatic N) is 2. The Balaban J connectivity index is 1.85. The van der Waals surface area contributed by atoms with Crippen molar-refractivity contribution in [1.82, 2.24) is 10.2 Å². The zero-order valence-corrected chi connectivity index (χ0v) is 12.9. The second-order valence-electron chi connectivity index (χ2n) is 5.67. The predicted molar refractivity (Wildman–Crippen MR) is 78.7 cm³/mol. The minimum absolute atomic E-state index is 0.0531. The summed E-state index contributed by atoms with van der Waals surface area (Å²) in [5.41, 5.74) is 0. The summed E-state index contributed by atoms with van der Waals surface area (Å²) in [6.07, 6.45) is 0.323. The normalized spacial score (nSPS) is 24.0. The zero-order valence-electron chi connectivity index (χ0n) is 12.9. The van der Waals surface area contributed by atoms with Gasteiger partial charge >= 0.3 is 5.88 Å². The van der Waals surface area contributed by atoms with E-state index in [9.17, 15) is 14.9 Å². The van der Waals surface area contributed by atoms with Crippen LogP contribution in [0.4, 0.5) is 5.88 Å². The summed E-state index contributed by atoms with van der Waals surface area (Å²) in [5, 5.41) is 13.3. The summed E-state index contributed by atoms with van der Waals surface area (Å²) < 4.78 is 10.6. The second kappa shape index (κ2) is 6.89. The van der Waals surface area contributed by atoms with Crippen LogP contribution in [0.25, 0.3) is 0 Å². The van der Waals surface area contributed by atoms with Crippen LogP contribution in [-0.2, 0) is 4.74 Å². The topological polar surface area (TPSA) is 97.9 Å². The van der Waals surface area contributed by atoms with Gasteiger partial charge in [0.05, 0.1) is 18.3 Å². The molecule has 2 heterocycles. The first-order chi connectivity index (χ1) is 10.4. The van der Waals surface area contributed by atoms with Crippen LogP contribution in [0.5, 0.6) is 0 Å². The SMILES string of the molecule is C[C@@H]1CN([C@H](C)CNC(=O)c2ccc([N+](=O)[O-])o2)C[C@H](C)O1. The Hall–Kier alpha value is -1.93. The van der Waals surface area contributed by atoms with Crippen molar-refractivity contribution in [2.45, 2.75) is 39.0 Å². The molecule has 1 fully saturated rings. The smallest absolute Gasteiger partial charge is 0.395 e. The van der Waals surface area contributed by atoms with E-state index >= 15 is 0 Å². The molecule has 2 rings (SSSR count).